The van der Waals surface area contributed by atoms with Gasteiger partial charge in [-0.3, -0.25) is 14.4 Å². The molecule has 390 valence electrons. The van der Waals surface area contributed by atoms with Crippen molar-refractivity contribution in [1.82, 2.24) is 0 Å². The highest BCUT2D eigenvalue weighted by molar-refractivity contribution is 5.71. The van der Waals surface area contributed by atoms with Gasteiger partial charge in [-0.25, -0.2) is 0 Å². The normalized spacial score (nSPS) is 12.7. The summed E-state index contributed by atoms with van der Waals surface area (Å²) in [5.41, 5.74) is 0. The molecule has 0 aliphatic carbocycles. The number of carbonyl (C=O) groups excluding carboxylic acids is 3. The topological polar surface area (TPSA) is 78.9 Å². The van der Waals surface area contributed by atoms with Gasteiger partial charge in [-0.05, 0) is 116 Å². The number of carbonyl (C=O) groups is 3. The van der Waals surface area contributed by atoms with Crippen molar-refractivity contribution in [3.05, 3.63) is 85.1 Å². The fourth-order valence-corrected chi connectivity index (χ4v) is 7.75. The Balaban J connectivity index is 4.42. The molecule has 0 aromatic heterocycles. The predicted octanol–water partition coefficient (Wildman–Crippen LogP) is 19.2. The van der Waals surface area contributed by atoms with E-state index in [4.69, 9.17) is 14.2 Å². The van der Waals surface area contributed by atoms with Crippen LogP contribution < -0.4 is 0 Å². The van der Waals surface area contributed by atoms with Gasteiger partial charge in [0.05, 0.1) is 0 Å². The third kappa shape index (κ3) is 53.5. The summed E-state index contributed by atoms with van der Waals surface area (Å²) in [6.07, 6.45) is 72.8. The van der Waals surface area contributed by atoms with E-state index in [0.717, 1.165) is 135 Å². The second kappa shape index (κ2) is 56.2. The maximum Gasteiger partial charge on any atom is 0.306 e. The Morgan fingerprint density at radius 2 is 0.559 bits per heavy atom. The number of hydrogen-bond acceptors (Lipinski definition) is 6. The molecule has 0 amide bonds. The molecule has 6 heteroatoms. The van der Waals surface area contributed by atoms with Gasteiger partial charge in [-0.2, -0.15) is 0 Å². The second-order valence-corrected chi connectivity index (χ2v) is 18.8. The third-order valence-electron chi connectivity index (χ3n) is 12.1. The Morgan fingerprint density at radius 1 is 0.294 bits per heavy atom. The standard InChI is InChI=1S/C62H106O6/c1-4-7-10-13-16-19-22-25-27-29-30-31-32-33-35-37-40-43-46-49-52-55-61(64)67-58-59(57-66-60(63)54-51-48-45-42-39-36-24-21-18-15-12-9-6-3)68-62(65)56-53-50-47-44-41-38-34-28-26-23-20-17-14-11-8-5-2/h12,15,20-25,28-30,32-34,59H,4-11,13-14,16-19,26-27,31,35-58H2,1-3H3/b15-12-,23-20-,24-21-,25-22-,30-29-,33-32-,34-28-. The fourth-order valence-electron chi connectivity index (χ4n) is 7.75. The van der Waals surface area contributed by atoms with Crippen molar-refractivity contribution in [2.24, 2.45) is 0 Å². The fraction of sp³-hybridized carbons (Fsp3) is 0.726. The lowest BCUT2D eigenvalue weighted by Gasteiger charge is -2.18. The lowest BCUT2D eigenvalue weighted by Crippen LogP contribution is -2.30. The van der Waals surface area contributed by atoms with Gasteiger partial charge in [0.15, 0.2) is 6.10 Å². The van der Waals surface area contributed by atoms with Crippen molar-refractivity contribution < 1.29 is 28.6 Å². The highest BCUT2D eigenvalue weighted by atomic mass is 16.6. The predicted molar refractivity (Wildman–Crippen MR) is 293 cm³/mol. The molecule has 0 saturated heterocycles. The zero-order valence-electron chi connectivity index (χ0n) is 44.6. The molecule has 0 radical (unpaired) electrons. The van der Waals surface area contributed by atoms with Gasteiger partial charge in [0, 0.05) is 19.3 Å². The molecule has 0 aromatic rings. The SMILES string of the molecule is CCC/C=C\C/C=C\CCCCCCCC(=O)OCC(COC(=O)CCCCCCCC/C=C\C/C=C\C/C=C\CCCCCCC)OC(=O)CCCCCCC/C=C\C/C=C\CCCCCC. The van der Waals surface area contributed by atoms with Crippen molar-refractivity contribution in [2.45, 2.75) is 277 Å². The summed E-state index contributed by atoms with van der Waals surface area (Å²) < 4.78 is 16.8. The first-order valence-electron chi connectivity index (χ1n) is 28.6. The lowest BCUT2D eigenvalue weighted by molar-refractivity contribution is -0.167. The van der Waals surface area contributed by atoms with Gasteiger partial charge in [-0.1, -0.05) is 221 Å². The van der Waals surface area contributed by atoms with Crippen LogP contribution >= 0.6 is 0 Å². The zero-order chi connectivity index (χ0) is 49.3. The molecular formula is C62H106O6. The van der Waals surface area contributed by atoms with Gasteiger partial charge in [-0.15, -0.1) is 0 Å². The number of ether oxygens (including phenoxy) is 3. The molecule has 0 heterocycles. The largest absolute Gasteiger partial charge is 0.462 e. The number of rotatable bonds is 51. The smallest absolute Gasteiger partial charge is 0.306 e. The van der Waals surface area contributed by atoms with Crippen LogP contribution in [0.25, 0.3) is 0 Å². The molecule has 68 heavy (non-hydrogen) atoms. The molecule has 0 bridgehead atoms. The van der Waals surface area contributed by atoms with E-state index in [1.807, 2.05) is 0 Å². The van der Waals surface area contributed by atoms with E-state index in [-0.39, 0.29) is 31.1 Å². The van der Waals surface area contributed by atoms with E-state index < -0.39 is 6.10 Å². The summed E-state index contributed by atoms with van der Waals surface area (Å²) >= 11 is 0. The van der Waals surface area contributed by atoms with Gasteiger partial charge in [0.2, 0.25) is 0 Å². The summed E-state index contributed by atoms with van der Waals surface area (Å²) in [6, 6.07) is 0. The minimum atomic E-state index is -0.796. The average molecular weight is 948 g/mol. The van der Waals surface area contributed by atoms with Crippen LogP contribution in [0.4, 0.5) is 0 Å². The van der Waals surface area contributed by atoms with Crippen LogP contribution in [0.2, 0.25) is 0 Å². The zero-order valence-corrected chi connectivity index (χ0v) is 44.6. The van der Waals surface area contributed by atoms with Crippen molar-refractivity contribution in [2.75, 3.05) is 13.2 Å². The quantitative estimate of drug-likeness (QED) is 0.0262. The molecule has 6 nitrogen and oxygen atoms in total. The van der Waals surface area contributed by atoms with Crippen LogP contribution in [0.15, 0.2) is 85.1 Å². The second-order valence-electron chi connectivity index (χ2n) is 18.8. The Kier molecular flexibility index (Phi) is 53.4. The molecular weight excluding hydrogens is 841 g/mol. The summed E-state index contributed by atoms with van der Waals surface area (Å²) in [6.45, 7) is 6.52. The summed E-state index contributed by atoms with van der Waals surface area (Å²) in [5.74, 6) is -0.930. The maximum atomic E-state index is 12.8. The first-order chi connectivity index (χ1) is 33.5. The van der Waals surface area contributed by atoms with E-state index in [2.05, 4.69) is 106 Å². The summed E-state index contributed by atoms with van der Waals surface area (Å²) in [4.78, 5) is 38.1. The van der Waals surface area contributed by atoms with Crippen LogP contribution in [-0.2, 0) is 28.6 Å². The average Bonchev–Trinajstić information content (AvgIpc) is 3.34. The molecule has 1 atom stereocenters. The molecule has 0 aliphatic heterocycles. The van der Waals surface area contributed by atoms with Crippen molar-refractivity contribution in [3.8, 4) is 0 Å². The van der Waals surface area contributed by atoms with Crippen molar-refractivity contribution in [1.29, 1.82) is 0 Å². The van der Waals surface area contributed by atoms with E-state index in [1.54, 1.807) is 0 Å². The first-order valence-corrected chi connectivity index (χ1v) is 28.6. The number of allylic oxidation sites excluding steroid dienone is 14. The molecule has 0 fully saturated rings. The molecule has 0 aromatic carbocycles. The number of esters is 3. The van der Waals surface area contributed by atoms with Crippen molar-refractivity contribution in [3.63, 3.8) is 0 Å². The molecule has 0 rings (SSSR count). The molecule has 1 unspecified atom stereocenters. The van der Waals surface area contributed by atoms with E-state index in [0.29, 0.717) is 19.3 Å². The monoisotopic (exact) mass is 947 g/mol. The molecule has 0 spiro atoms. The summed E-state index contributed by atoms with van der Waals surface area (Å²) in [5, 5.41) is 0. The van der Waals surface area contributed by atoms with E-state index in [9.17, 15) is 14.4 Å². The van der Waals surface area contributed by atoms with Crippen molar-refractivity contribution >= 4 is 17.9 Å². The van der Waals surface area contributed by atoms with Crippen LogP contribution in [0.5, 0.6) is 0 Å². The number of hydrogen-bond donors (Lipinski definition) is 0. The van der Waals surface area contributed by atoms with Gasteiger partial charge >= 0.3 is 17.9 Å². The van der Waals surface area contributed by atoms with Crippen LogP contribution in [0.3, 0.4) is 0 Å². The summed E-state index contributed by atoms with van der Waals surface area (Å²) in [7, 11) is 0. The third-order valence-corrected chi connectivity index (χ3v) is 12.1. The molecule has 0 saturated carbocycles. The van der Waals surface area contributed by atoms with Gasteiger partial charge in [0.25, 0.3) is 0 Å². The lowest BCUT2D eigenvalue weighted by atomic mass is 10.1. The van der Waals surface area contributed by atoms with Gasteiger partial charge < -0.3 is 14.2 Å². The minimum Gasteiger partial charge on any atom is -0.462 e. The highest BCUT2D eigenvalue weighted by Crippen LogP contribution is 2.14. The Morgan fingerprint density at radius 3 is 0.897 bits per heavy atom. The van der Waals surface area contributed by atoms with Crippen LogP contribution in [0, 0.1) is 0 Å². The highest BCUT2D eigenvalue weighted by Gasteiger charge is 2.19. The first kappa shape index (κ1) is 64.6. The van der Waals surface area contributed by atoms with E-state index in [1.165, 1.54) is 96.3 Å². The van der Waals surface area contributed by atoms with Crippen LogP contribution in [-0.4, -0.2) is 37.2 Å². The maximum absolute atomic E-state index is 12.8. The van der Waals surface area contributed by atoms with E-state index >= 15 is 0 Å². The van der Waals surface area contributed by atoms with Gasteiger partial charge in [0.1, 0.15) is 13.2 Å². The van der Waals surface area contributed by atoms with Crippen LogP contribution in [0.1, 0.15) is 271 Å². The number of unbranched alkanes of at least 4 members (excludes halogenated alkanes) is 26. The molecule has 0 N–H and O–H groups in total. The minimum absolute atomic E-state index is 0.0940. The Bertz CT molecular complexity index is 1320. The molecule has 0 aliphatic rings. The Labute approximate surface area is 420 Å². The Hall–Kier alpha value is -3.41.